The number of benzene rings is 1. The fourth-order valence-corrected chi connectivity index (χ4v) is 3.30. The molecule has 24 heavy (non-hydrogen) atoms. The van der Waals surface area contributed by atoms with Crippen molar-refractivity contribution in [3.8, 4) is 5.69 Å². The highest BCUT2D eigenvalue weighted by molar-refractivity contribution is 9.10. The van der Waals surface area contributed by atoms with Crippen molar-refractivity contribution in [2.45, 2.75) is 12.3 Å². The van der Waals surface area contributed by atoms with E-state index < -0.39 is 0 Å². The van der Waals surface area contributed by atoms with E-state index >= 15 is 0 Å². The number of hydrogen-bond donors (Lipinski definition) is 1. The summed E-state index contributed by atoms with van der Waals surface area (Å²) in [6.45, 7) is 0. The zero-order valence-electron chi connectivity index (χ0n) is 12.4. The molecule has 0 fully saturated rings. The molecule has 1 aliphatic heterocycles. The Hall–Kier alpha value is -2.54. The predicted octanol–water partition coefficient (Wildman–Crippen LogP) is 3.64. The molecule has 1 atom stereocenters. The van der Waals surface area contributed by atoms with E-state index in [1.54, 1.807) is 35.4 Å². The van der Waals surface area contributed by atoms with Crippen molar-refractivity contribution < 1.29 is 9.18 Å². The predicted molar refractivity (Wildman–Crippen MR) is 90.5 cm³/mol. The Morgan fingerprint density at radius 2 is 2.21 bits per heavy atom. The van der Waals surface area contributed by atoms with Crippen LogP contribution in [0, 0.1) is 5.82 Å². The van der Waals surface area contributed by atoms with Crippen molar-refractivity contribution in [3.63, 3.8) is 0 Å². The van der Waals surface area contributed by atoms with Crippen molar-refractivity contribution in [1.82, 2.24) is 14.5 Å². The van der Waals surface area contributed by atoms with Crippen molar-refractivity contribution in [2.75, 3.05) is 5.32 Å². The largest absolute Gasteiger partial charge is 0.310 e. The van der Waals surface area contributed by atoms with Gasteiger partial charge < -0.3 is 5.32 Å². The second-order valence-corrected chi connectivity index (χ2v) is 6.39. The first kappa shape index (κ1) is 15.0. The number of fused-ring (bicyclic) bond motifs is 1. The number of amides is 1. The summed E-state index contributed by atoms with van der Waals surface area (Å²) < 4.78 is 15.7. The molecule has 1 aliphatic rings. The van der Waals surface area contributed by atoms with Gasteiger partial charge in [0.05, 0.1) is 22.1 Å². The number of pyridine rings is 1. The van der Waals surface area contributed by atoms with Gasteiger partial charge in [0.1, 0.15) is 18.0 Å². The summed E-state index contributed by atoms with van der Waals surface area (Å²) in [7, 11) is 0. The summed E-state index contributed by atoms with van der Waals surface area (Å²) in [6.07, 6.45) is 5.32. The average molecular weight is 387 g/mol. The Morgan fingerprint density at radius 3 is 2.96 bits per heavy atom. The van der Waals surface area contributed by atoms with E-state index in [9.17, 15) is 9.18 Å². The Labute approximate surface area is 145 Å². The molecule has 3 aromatic rings. The fourth-order valence-electron chi connectivity index (χ4n) is 2.90. The minimum absolute atomic E-state index is 0.0985. The number of carbonyl (C=O) groups excluding carboxylic acids is 1. The Bertz CT molecular complexity index is 926. The maximum atomic E-state index is 13.5. The molecule has 1 amide bonds. The molecule has 0 spiro atoms. The Morgan fingerprint density at radius 1 is 1.33 bits per heavy atom. The van der Waals surface area contributed by atoms with Crippen LogP contribution in [0.4, 0.5) is 10.2 Å². The maximum absolute atomic E-state index is 13.5. The molecule has 1 N–H and O–H groups in total. The van der Waals surface area contributed by atoms with Crippen LogP contribution in [0.25, 0.3) is 5.69 Å². The van der Waals surface area contributed by atoms with Gasteiger partial charge >= 0.3 is 0 Å². The third-order valence-electron chi connectivity index (χ3n) is 4.04. The molecule has 120 valence electrons. The van der Waals surface area contributed by atoms with Gasteiger partial charge in [-0.3, -0.25) is 14.3 Å². The molecule has 3 heterocycles. The summed E-state index contributed by atoms with van der Waals surface area (Å²) in [5, 5.41) is 2.88. The van der Waals surface area contributed by atoms with Crippen LogP contribution in [0.1, 0.15) is 23.6 Å². The highest BCUT2D eigenvalue weighted by Crippen LogP contribution is 2.38. The standard InChI is InChI=1S/C17H12BrFN4O/c18-13-6-10(3-4-14(13)19)12-7-15(24)22-17-16(12)21-9-23(17)11-2-1-5-20-8-11/h1-6,8-9,12H,7H2,(H,22,24)/t12-/m1/s1. The van der Waals surface area contributed by atoms with Gasteiger partial charge in [-0.05, 0) is 45.8 Å². The zero-order chi connectivity index (χ0) is 16.7. The van der Waals surface area contributed by atoms with Gasteiger partial charge in [0, 0.05) is 18.5 Å². The van der Waals surface area contributed by atoms with Gasteiger partial charge in [-0.1, -0.05) is 6.07 Å². The van der Waals surface area contributed by atoms with Crippen LogP contribution in [-0.2, 0) is 4.79 Å². The first-order valence-corrected chi connectivity index (χ1v) is 8.15. The lowest BCUT2D eigenvalue weighted by Crippen LogP contribution is -2.25. The number of hydrogen-bond acceptors (Lipinski definition) is 3. The monoisotopic (exact) mass is 386 g/mol. The number of imidazole rings is 1. The Balaban J connectivity index is 1.82. The summed E-state index contributed by atoms with van der Waals surface area (Å²) >= 11 is 3.20. The van der Waals surface area contributed by atoms with Crippen LogP contribution < -0.4 is 5.32 Å². The van der Waals surface area contributed by atoms with Crippen molar-refractivity contribution in [2.24, 2.45) is 0 Å². The minimum atomic E-state index is -0.333. The van der Waals surface area contributed by atoms with Crippen LogP contribution in [0.5, 0.6) is 0 Å². The first-order valence-electron chi connectivity index (χ1n) is 7.36. The van der Waals surface area contributed by atoms with Crippen LogP contribution in [-0.4, -0.2) is 20.4 Å². The molecular weight excluding hydrogens is 375 g/mol. The molecule has 0 saturated heterocycles. The molecule has 0 aliphatic carbocycles. The summed E-state index contributed by atoms with van der Waals surface area (Å²) in [4.78, 5) is 20.8. The molecule has 7 heteroatoms. The maximum Gasteiger partial charge on any atom is 0.226 e. The number of nitrogens with zero attached hydrogens (tertiary/aromatic N) is 3. The van der Waals surface area contributed by atoms with Gasteiger partial charge in [-0.25, -0.2) is 9.37 Å². The van der Waals surface area contributed by atoms with Gasteiger partial charge in [0.25, 0.3) is 0 Å². The molecule has 0 unspecified atom stereocenters. The zero-order valence-corrected chi connectivity index (χ0v) is 14.0. The van der Waals surface area contributed by atoms with E-state index in [2.05, 4.69) is 31.2 Å². The van der Waals surface area contributed by atoms with Crippen LogP contribution in [0.15, 0.2) is 53.5 Å². The Kier molecular flexibility index (Phi) is 3.65. The van der Waals surface area contributed by atoms with Crippen molar-refractivity contribution >= 4 is 27.7 Å². The summed E-state index contributed by atoms with van der Waals surface area (Å²) in [5.41, 5.74) is 2.42. The second kappa shape index (κ2) is 5.83. The minimum Gasteiger partial charge on any atom is -0.310 e. The normalized spacial score (nSPS) is 16.6. The molecule has 0 radical (unpaired) electrons. The van der Waals surface area contributed by atoms with Crippen molar-refractivity contribution in [1.29, 1.82) is 0 Å². The highest BCUT2D eigenvalue weighted by atomic mass is 79.9. The van der Waals surface area contributed by atoms with Crippen molar-refractivity contribution in [3.05, 3.63) is 70.6 Å². The van der Waals surface area contributed by atoms with Gasteiger partial charge in [-0.15, -0.1) is 0 Å². The smallest absolute Gasteiger partial charge is 0.226 e. The van der Waals surface area contributed by atoms with Crippen LogP contribution in [0.3, 0.4) is 0 Å². The van der Waals surface area contributed by atoms with E-state index in [1.165, 1.54) is 6.07 Å². The molecule has 4 rings (SSSR count). The average Bonchev–Trinajstić information content (AvgIpc) is 3.01. The quantitative estimate of drug-likeness (QED) is 0.731. The van der Waals surface area contributed by atoms with Crippen LogP contribution in [0.2, 0.25) is 0 Å². The van der Waals surface area contributed by atoms with E-state index in [0.29, 0.717) is 10.3 Å². The SMILES string of the molecule is O=C1C[C@H](c2ccc(F)c(Br)c2)c2ncn(-c3cccnc3)c2N1. The molecule has 2 aromatic heterocycles. The molecule has 0 saturated carbocycles. The number of anilines is 1. The summed E-state index contributed by atoms with van der Waals surface area (Å²) in [6, 6.07) is 8.49. The van der Waals surface area contributed by atoms with Gasteiger partial charge in [-0.2, -0.15) is 0 Å². The number of nitrogens with one attached hydrogen (secondary N) is 1. The first-order chi connectivity index (χ1) is 11.6. The third-order valence-corrected chi connectivity index (χ3v) is 4.65. The van der Waals surface area contributed by atoms with Gasteiger partial charge in [0.15, 0.2) is 0 Å². The topological polar surface area (TPSA) is 59.8 Å². The fraction of sp³-hybridized carbons (Fsp3) is 0.118. The second-order valence-electron chi connectivity index (χ2n) is 5.54. The lowest BCUT2D eigenvalue weighted by Gasteiger charge is -2.23. The molecule has 0 bridgehead atoms. The number of halogens is 2. The lowest BCUT2D eigenvalue weighted by molar-refractivity contribution is -0.116. The number of aromatic nitrogens is 3. The molecular formula is C17H12BrFN4O. The van der Waals surface area contributed by atoms with Crippen LogP contribution >= 0.6 is 15.9 Å². The van der Waals surface area contributed by atoms with E-state index in [4.69, 9.17) is 0 Å². The molecule has 5 nitrogen and oxygen atoms in total. The number of carbonyl (C=O) groups is 1. The lowest BCUT2D eigenvalue weighted by atomic mass is 9.90. The molecule has 1 aromatic carbocycles. The number of rotatable bonds is 2. The van der Waals surface area contributed by atoms with E-state index in [0.717, 1.165) is 16.9 Å². The third kappa shape index (κ3) is 2.50. The van der Waals surface area contributed by atoms with E-state index in [1.807, 2.05) is 12.1 Å². The highest BCUT2D eigenvalue weighted by Gasteiger charge is 2.31. The van der Waals surface area contributed by atoms with Gasteiger partial charge in [0.2, 0.25) is 5.91 Å². The van der Waals surface area contributed by atoms with E-state index in [-0.39, 0.29) is 24.1 Å². The summed E-state index contributed by atoms with van der Waals surface area (Å²) in [5.74, 6) is -0.0213.